The van der Waals surface area contributed by atoms with E-state index < -0.39 is 0 Å². The number of allylic oxidation sites excluding steroid dienone is 4. The van der Waals surface area contributed by atoms with E-state index in [1.165, 1.54) is 38.6 Å². The molecule has 0 aromatic heterocycles. The highest BCUT2D eigenvalue weighted by atomic mass is 15.2. The largest absolute Gasteiger partial charge is 0.311 e. The van der Waals surface area contributed by atoms with Crippen LogP contribution >= 0.6 is 0 Å². The summed E-state index contributed by atoms with van der Waals surface area (Å²) in [7, 11) is 0. The molecular weight excluding hydrogens is 942 g/mol. The number of rotatable bonds is 11. The van der Waals surface area contributed by atoms with E-state index in [-0.39, 0.29) is 17.5 Å². The number of benzene rings is 10. The van der Waals surface area contributed by atoms with Gasteiger partial charge in [0.25, 0.3) is 6.71 Å². The predicted molar refractivity (Wildman–Crippen MR) is 337 cm³/mol. The van der Waals surface area contributed by atoms with Crippen LogP contribution in [0.1, 0.15) is 58.2 Å². The fraction of sp³-hybridized carbons (Fsp3) is 0.108. The molecule has 0 saturated heterocycles. The molecule has 378 valence electrons. The fourth-order valence-electron chi connectivity index (χ4n) is 11.6. The Morgan fingerprint density at radius 2 is 0.833 bits per heavy atom. The first-order chi connectivity index (χ1) is 37.9. The molecule has 0 saturated carbocycles. The van der Waals surface area contributed by atoms with Crippen molar-refractivity contribution in [2.24, 2.45) is 0 Å². The first-order valence-electron chi connectivity index (χ1n) is 27.3. The number of anilines is 9. The quantitative estimate of drug-likeness (QED) is 0.0944. The molecular formula is C74H64BN3. The van der Waals surface area contributed by atoms with Crippen LogP contribution < -0.4 is 31.1 Å². The monoisotopic (exact) mass is 1010 g/mol. The SMILES string of the molecule is C=C/C=C(\C=C)c1ccc2c(c1)N(c1cccc(-c3ccccc3)c1)c1cc(N(c3cccc(C(C)(C)C)c3)c3cccc(C(C)(C)C)c3)cc3c1B2c1ccc(-c2ccccc2)cc1N3c1cccc(-c2ccccc2)c1. The highest BCUT2D eigenvalue weighted by Crippen LogP contribution is 2.50. The van der Waals surface area contributed by atoms with Gasteiger partial charge in [-0.3, -0.25) is 0 Å². The average Bonchev–Trinajstić information content (AvgIpc) is 2.99. The molecule has 3 nitrogen and oxygen atoms in total. The Hall–Kier alpha value is -9.12. The van der Waals surface area contributed by atoms with E-state index in [1.54, 1.807) is 0 Å². The molecule has 0 fully saturated rings. The summed E-state index contributed by atoms with van der Waals surface area (Å²) >= 11 is 0. The predicted octanol–water partition coefficient (Wildman–Crippen LogP) is 18.6. The summed E-state index contributed by atoms with van der Waals surface area (Å²) in [5.74, 6) is 0. The van der Waals surface area contributed by atoms with E-state index in [2.05, 4.69) is 312 Å². The van der Waals surface area contributed by atoms with Gasteiger partial charge in [0.15, 0.2) is 0 Å². The van der Waals surface area contributed by atoms with Crippen LogP contribution in [0.15, 0.2) is 268 Å². The van der Waals surface area contributed by atoms with E-state index in [4.69, 9.17) is 0 Å². The maximum Gasteiger partial charge on any atom is 0.252 e. The Bertz CT molecular complexity index is 3880. The van der Waals surface area contributed by atoms with Crippen molar-refractivity contribution in [3.8, 4) is 33.4 Å². The number of hydrogen-bond acceptors (Lipinski definition) is 3. The summed E-state index contributed by atoms with van der Waals surface area (Å²) in [6, 6.07) is 87.9. The van der Waals surface area contributed by atoms with Gasteiger partial charge in [-0.2, -0.15) is 0 Å². The average molecular weight is 1010 g/mol. The van der Waals surface area contributed by atoms with Crippen molar-refractivity contribution in [3.05, 3.63) is 285 Å². The molecule has 0 bridgehead atoms. The van der Waals surface area contributed by atoms with E-state index in [1.807, 2.05) is 12.2 Å². The van der Waals surface area contributed by atoms with Gasteiger partial charge < -0.3 is 14.7 Å². The van der Waals surface area contributed by atoms with Gasteiger partial charge in [0, 0.05) is 45.5 Å². The smallest absolute Gasteiger partial charge is 0.252 e. The molecule has 4 heteroatoms. The van der Waals surface area contributed by atoms with Gasteiger partial charge >= 0.3 is 0 Å². The molecule has 78 heavy (non-hydrogen) atoms. The molecule has 10 aromatic rings. The van der Waals surface area contributed by atoms with Crippen LogP contribution in [0.5, 0.6) is 0 Å². The van der Waals surface area contributed by atoms with Gasteiger partial charge in [-0.1, -0.05) is 237 Å². The van der Waals surface area contributed by atoms with Crippen molar-refractivity contribution in [3.63, 3.8) is 0 Å². The lowest BCUT2D eigenvalue weighted by molar-refractivity contribution is 0.590. The second kappa shape index (κ2) is 20.1. The van der Waals surface area contributed by atoms with Gasteiger partial charge in [-0.05, 0) is 156 Å². The third kappa shape index (κ3) is 9.18. The zero-order valence-electron chi connectivity index (χ0n) is 45.6. The molecule has 0 radical (unpaired) electrons. The number of fused-ring (bicyclic) bond motifs is 4. The summed E-state index contributed by atoms with van der Waals surface area (Å²) in [5.41, 5.74) is 25.0. The third-order valence-electron chi connectivity index (χ3n) is 15.6. The lowest BCUT2D eigenvalue weighted by Gasteiger charge is -2.45. The van der Waals surface area contributed by atoms with Crippen LogP contribution in [0.2, 0.25) is 0 Å². The molecule has 2 heterocycles. The van der Waals surface area contributed by atoms with E-state index in [9.17, 15) is 0 Å². The molecule has 2 aliphatic heterocycles. The molecule has 2 aliphatic rings. The van der Waals surface area contributed by atoms with Crippen LogP contribution in [0, 0.1) is 0 Å². The molecule has 0 aliphatic carbocycles. The molecule has 0 N–H and O–H groups in total. The van der Waals surface area contributed by atoms with Gasteiger partial charge in [0.05, 0.1) is 5.69 Å². The molecule has 0 spiro atoms. The lowest BCUT2D eigenvalue weighted by atomic mass is 9.33. The second-order valence-corrected chi connectivity index (χ2v) is 22.7. The minimum atomic E-state index is -0.132. The van der Waals surface area contributed by atoms with Crippen molar-refractivity contribution < 1.29 is 0 Å². The van der Waals surface area contributed by atoms with Crippen molar-refractivity contribution >= 4 is 79.9 Å². The van der Waals surface area contributed by atoms with Gasteiger partial charge in [0.1, 0.15) is 0 Å². The molecule has 0 atom stereocenters. The van der Waals surface area contributed by atoms with Crippen LogP contribution in [0.25, 0.3) is 39.0 Å². The summed E-state index contributed by atoms with van der Waals surface area (Å²) in [5, 5.41) is 0. The maximum atomic E-state index is 4.29. The Morgan fingerprint density at radius 1 is 0.397 bits per heavy atom. The Morgan fingerprint density at radius 3 is 1.29 bits per heavy atom. The van der Waals surface area contributed by atoms with Crippen molar-refractivity contribution in [2.45, 2.75) is 52.4 Å². The van der Waals surface area contributed by atoms with Gasteiger partial charge in [0.2, 0.25) is 0 Å². The van der Waals surface area contributed by atoms with Crippen LogP contribution in [0.3, 0.4) is 0 Å². The van der Waals surface area contributed by atoms with Crippen molar-refractivity contribution in [1.29, 1.82) is 0 Å². The molecule has 10 aromatic carbocycles. The van der Waals surface area contributed by atoms with Gasteiger partial charge in [-0.25, -0.2) is 0 Å². The van der Waals surface area contributed by atoms with E-state index >= 15 is 0 Å². The van der Waals surface area contributed by atoms with Crippen LogP contribution in [-0.2, 0) is 10.8 Å². The number of hydrogen-bond donors (Lipinski definition) is 0. The first kappa shape index (κ1) is 49.7. The fourth-order valence-corrected chi connectivity index (χ4v) is 11.6. The molecule has 0 unspecified atom stereocenters. The van der Waals surface area contributed by atoms with Crippen molar-refractivity contribution in [1.82, 2.24) is 0 Å². The topological polar surface area (TPSA) is 9.72 Å². The summed E-state index contributed by atoms with van der Waals surface area (Å²) in [6.07, 6.45) is 5.85. The van der Waals surface area contributed by atoms with Crippen LogP contribution in [0.4, 0.5) is 51.2 Å². The Kier molecular flexibility index (Phi) is 12.8. The Labute approximate surface area is 462 Å². The molecule has 0 amide bonds. The number of nitrogens with zero attached hydrogens (tertiary/aromatic N) is 3. The second-order valence-electron chi connectivity index (χ2n) is 22.7. The normalized spacial score (nSPS) is 12.8. The first-order valence-corrected chi connectivity index (χ1v) is 27.3. The van der Waals surface area contributed by atoms with Crippen LogP contribution in [-0.4, -0.2) is 6.71 Å². The highest BCUT2D eigenvalue weighted by Gasteiger charge is 2.44. The van der Waals surface area contributed by atoms with Gasteiger partial charge in [-0.15, -0.1) is 0 Å². The summed E-state index contributed by atoms with van der Waals surface area (Å²) in [6.45, 7) is 22.1. The standard InChI is InChI=1S/C74H64BN3/c1-9-24-51(10-2)57-39-41-66-68(45-57)77(61-35-20-31-55(43-61)52-25-14-11-15-26-52)70-49-65(76(63-37-22-33-59(47-63)73(3,4)5)64-38-23-34-60(48-64)74(6,7)8)50-71-72(70)75(66)67-42-40-58(54-29-18-13-19-30-54)46-69(67)78(71)62-36-21-32-56(44-62)53-27-16-12-17-28-53/h9-50H,1-2H2,3-8H3/b51-24+. The minimum absolute atomic E-state index is 0.0862. The molecule has 12 rings (SSSR count). The van der Waals surface area contributed by atoms with E-state index in [0.29, 0.717) is 0 Å². The highest BCUT2D eigenvalue weighted by molar-refractivity contribution is 7.00. The maximum absolute atomic E-state index is 4.29. The lowest BCUT2D eigenvalue weighted by Crippen LogP contribution is -2.61. The zero-order chi connectivity index (χ0) is 53.7. The van der Waals surface area contributed by atoms with E-state index in [0.717, 1.165) is 84.6 Å². The van der Waals surface area contributed by atoms with Crippen molar-refractivity contribution in [2.75, 3.05) is 14.7 Å². The zero-order valence-corrected chi connectivity index (χ0v) is 45.6. The minimum Gasteiger partial charge on any atom is -0.311 e. The Balaban J connectivity index is 1.23. The summed E-state index contributed by atoms with van der Waals surface area (Å²) in [4.78, 5) is 7.59. The summed E-state index contributed by atoms with van der Waals surface area (Å²) < 4.78 is 0. The third-order valence-corrected chi connectivity index (χ3v) is 15.6.